The summed E-state index contributed by atoms with van der Waals surface area (Å²) in [5.74, 6) is 0.521. The fourth-order valence-corrected chi connectivity index (χ4v) is 4.95. The van der Waals surface area contributed by atoms with Crippen LogP contribution in [-0.4, -0.2) is 55.2 Å². The normalized spacial score (nSPS) is 23.3. The van der Waals surface area contributed by atoms with Gasteiger partial charge in [0.05, 0.1) is 0 Å². The van der Waals surface area contributed by atoms with Crippen molar-refractivity contribution >= 4 is 11.8 Å². The van der Waals surface area contributed by atoms with Gasteiger partial charge in [-0.05, 0) is 18.9 Å². The van der Waals surface area contributed by atoms with E-state index in [-0.39, 0.29) is 35.3 Å². The molecule has 4 heterocycles. The Morgan fingerprint density at radius 3 is 2.69 bits per heavy atom. The molecular formula is C20H24N6O3. The van der Waals surface area contributed by atoms with Crippen molar-refractivity contribution in [3.8, 4) is 0 Å². The van der Waals surface area contributed by atoms with Gasteiger partial charge in [-0.1, -0.05) is 12.8 Å². The van der Waals surface area contributed by atoms with Crippen LogP contribution in [0, 0.1) is 5.92 Å². The van der Waals surface area contributed by atoms with E-state index in [4.69, 9.17) is 0 Å². The minimum Gasteiger partial charge on any atom is -0.349 e. The van der Waals surface area contributed by atoms with Crippen molar-refractivity contribution in [1.82, 2.24) is 29.5 Å². The van der Waals surface area contributed by atoms with Crippen molar-refractivity contribution in [3.05, 3.63) is 45.9 Å². The first-order valence-electron chi connectivity index (χ1n) is 10.2. The number of fused-ring (bicyclic) bond motifs is 3. The maximum absolute atomic E-state index is 12.8. The zero-order chi connectivity index (χ0) is 20.1. The Labute approximate surface area is 167 Å². The van der Waals surface area contributed by atoms with Crippen molar-refractivity contribution in [3.63, 3.8) is 0 Å². The number of nitrogens with one attached hydrogen (secondary N) is 1. The number of rotatable bonds is 3. The Morgan fingerprint density at radius 1 is 1.17 bits per heavy atom. The largest absolute Gasteiger partial charge is 0.349 e. The van der Waals surface area contributed by atoms with Crippen LogP contribution in [0.2, 0.25) is 0 Å². The topological polar surface area (TPSA) is 102 Å². The highest BCUT2D eigenvalue weighted by Crippen LogP contribution is 2.38. The second-order valence-corrected chi connectivity index (χ2v) is 8.34. The molecule has 0 unspecified atom stereocenters. The molecule has 1 saturated carbocycles. The number of carbonyl (C=O) groups excluding carboxylic acids is 2. The van der Waals surface area contributed by atoms with Crippen molar-refractivity contribution in [2.75, 3.05) is 13.1 Å². The summed E-state index contributed by atoms with van der Waals surface area (Å²) in [5.41, 5.74) is 0.182. The molecule has 9 nitrogen and oxygen atoms in total. The highest BCUT2D eigenvalue weighted by Gasteiger charge is 2.43. The molecule has 0 radical (unpaired) electrons. The quantitative estimate of drug-likeness (QED) is 0.815. The molecule has 2 aromatic rings. The van der Waals surface area contributed by atoms with E-state index in [0.29, 0.717) is 31.2 Å². The predicted octanol–water partition coefficient (Wildman–Crippen LogP) is 0.519. The van der Waals surface area contributed by atoms with Crippen LogP contribution < -0.4 is 10.9 Å². The molecular weight excluding hydrogens is 372 g/mol. The molecule has 2 aliphatic heterocycles. The number of hydrogen-bond donors (Lipinski definition) is 1. The maximum Gasteiger partial charge on any atom is 0.285 e. The molecule has 2 atom stereocenters. The van der Waals surface area contributed by atoms with Crippen LogP contribution in [0.25, 0.3) is 0 Å². The monoisotopic (exact) mass is 396 g/mol. The molecule has 5 rings (SSSR count). The van der Waals surface area contributed by atoms with Gasteiger partial charge in [-0.15, -0.1) is 0 Å². The number of nitrogens with zero attached hydrogens (tertiary/aromatic N) is 5. The Hall–Kier alpha value is -2.97. The first kappa shape index (κ1) is 18.1. The van der Waals surface area contributed by atoms with Gasteiger partial charge in [-0.3, -0.25) is 19.1 Å². The SMILES string of the molecule is Cn1nccc1C(=O)N1C[C@@H]2Cn3cc(C(=O)NC4CCCC4)c(=O)nc3[C@@H]2C1. The lowest BCUT2D eigenvalue weighted by atomic mass is 9.99. The lowest BCUT2D eigenvalue weighted by Gasteiger charge is -2.18. The van der Waals surface area contributed by atoms with Gasteiger partial charge in [-0.2, -0.15) is 10.1 Å². The van der Waals surface area contributed by atoms with Crippen LogP contribution in [0.1, 0.15) is 58.3 Å². The predicted molar refractivity (Wildman–Crippen MR) is 104 cm³/mol. The summed E-state index contributed by atoms with van der Waals surface area (Å²) in [6.45, 7) is 1.79. The van der Waals surface area contributed by atoms with E-state index in [2.05, 4.69) is 15.4 Å². The van der Waals surface area contributed by atoms with Crippen LogP contribution in [0.3, 0.4) is 0 Å². The molecule has 0 aromatic carbocycles. The molecule has 2 amide bonds. The summed E-state index contributed by atoms with van der Waals surface area (Å²) in [5, 5.41) is 7.03. The highest BCUT2D eigenvalue weighted by atomic mass is 16.2. The van der Waals surface area contributed by atoms with Crippen molar-refractivity contribution in [2.24, 2.45) is 13.0 Å². The van der Waals surface area contributed by atoms with Crippen LogP contribution in [0.5, 0.6) is 0 Å². The molecule has 3 aliphatic rings. The molecule has 29 heavy (non-hydrogen) atoms. The van der Waals surface area contributed by atoms with E-state index < -0.39 is 5.56 Å². The van der Waals surface area contributed by atoms with E-state index in [9.17, 15) is 14.4 Å². The molecule has 1 aliphatic carbocycles. The molecule has 1 saturated heterocycles. The van der Waals surface area contributed by atoms with Gasteiger partial charge < -0.3 is 14.8 Å². The molecule has 2 fully saturated rings. The Bertz CT molecular complexity index is 1040. The fourth-order valence-electron chi connectivity index (χ4n) is 4.95. The number of aromatic nitrogens is 4. The zero-order valence-electron chi connectivity index (χ0n) is 16.4. The highest BCUT2D eigenvalue weighted by molar-refractivity contribution is 5.94. The summed E-state index contributed by atoms with van der Waals surface area (Å²) in [6, 6.07) is 1.87. The summed E-state index contributed by atoms with van der Waals surface area (Å²) >= 11 is 0. The summed E-state index contributed by atoms with van der Waals surface area (Å²) in [4.78, 5) is 43.9. The number of likely N-dealkylation sites (tertiary alicyclic amines) is 1. The van der Waals surface area contributed by atoms with E-state index >= 15 is 0 Å². The maximum atomic E-state index is 12.8. The van der Waals surface area contributed by atoms with E-state index in [1.54, 1.807) is 30.2 Å². The Balaban J connectivity index is 1.34. The number of amides is 2. The summed E-state index contributed by atoms with van der Waals surface area (Å²) in [7, 11) is 1.75. The third kappa shape index (κ3) is 3.04. The second kappa shape index (κ2) is 6.82. The minimum absolute atomic E-state index is 0.0202. The molecule has 1 N–H and O–H groups in total. The van der Waals surface area contributed by atoms with Crippen LogP contribution >= 0.6 is 0 Å². The van der Waals surface area contributed by atoms with E-state index in [1.807, 2.05) is 9.47 Å². The van der Waals surface area contributed by atoms with Gasteiger partial charge in [0, 0.05) is 57.0 Å². The van der Waals surface area contributed by atoms with E-state index in [0.717, 1.165) is 25.7 Å². The van der Waals surface area contributed by atoms with Gasteiger partial charge in [-0.25, -0.2) is 0 Å². The summed E-state index contributed by atoms with van der Waals surface area (Å²) < 4.78 is 3.49. The van der Waals surface area contributed by atoms with Crippen molar-refractivity contribution < 1.29 is 9.59 Å². The van der Waals surface area contributed by atoms with Crippen LogP contribution in [0.15, 0.2) is 23.3 Å². The molecule has 0 spiro atoms. The number of aryl methyl sites for hydroxylation is 1. The zero-order valence-corrected chi connectivity index (χ0v) is 16.4. The van der Waals surface area contributed by atoms with Gasteiger partial charge in [0.15, 0.2) is 0 Å². The lowest BCUT2D eigenvalue weighted by Crippen LogP contribution is -2.37. The smallest absolute Gasteiger partial charge is 0.285 e. The van der Waals surface area contributed by atoms with Gasteiger partial charge in [0.1, 0.15) is 17.1 Å². The second-order valence-electron chi connectivity index (χ2n) is 8.34. The van der Waals surface area contributed by atoms with Gasteiger partial charge in [0.25, 0.3) is 17.4 Å². The molecule has 2 aromatic heterocycles. The van der Waals surface area contributed by atoms with Gasteiger partial charge in [0.2, 0.25) is 0 Å². The lowest BCUT2D eigenvalue weighted by molar-refractivity contribution is 0.0772. The molecule has 9 heteroatoms. The Morgan fingerprint density at radius 2 is 1.97 bits per heavy atom. The van der Waals surface area contributed by atoms with Gasteiger partial charge >= 0.3 is 0 Å². The molecule has 0 bridgehead atoms. The van der Waals surface area contributed by atoms with E-state index in [1.165, 1.54) is 0 Å². The van der Waals surface area contributed by atoms with Crippen molar-refractivity contribution in [1.29, 1.82) is 0 Å². The first-order chi connectivity index (χ1) is 14.0. The van der Waals surface area contributed by atoms with Crippen LogP contribution in [0.4, 0.5) is 0 Å². The fraction of sp³-hybridized carbons (Fsp3) is 0.550. The summed E-state index contributed by atoms with van der Waals surface area (Å²) in [6.07, 6.45) is 7.43. The Kier molecular flexibility index (Phi) is 4.25. The number of hydrogen-bond acceptors (Lipinski definition) is 5. The van der Waals surface area contributed by atoms with Crippen molar-refractivity contribution in [2.45, 2.75) is 44.2 Å². The standard InChI is InChI=1S/C20H24N6O3/c1-24-16(6-7-21-24)20(29)26-9-12-8-25-11-15(18(27)22-13-4-2-3-5-13)19(28)23-17(25)14(12)10-26/h6-7,11-14H,2-5,8-10H2,1H3,(H,22,27)/t12-,14+/m0/s1. The third-order valence-corrected chi connectivity index (χ3v) is 6.49. The number of carbonyl (C=O) groups is 2. The third-order valence-electron chi connectivity index (χ3n) is 6.49. The molecule has 152 valence electrons. The average Bonchev–Trinajstić information content (AvgIpc) is 3.45. The first-order valence-corrected chi connectivity index (χ1v) is 10.2. The average molecular weight is 396 g/mol. The van der Waals surface area contributed by atoms with Crippen LogP contribution in [-0.2, 0) is 13.6 Å². The minimum atomic E-state index is -0.483.